The van der Waals surface area contributed by atoms with Crippen molar-refractivity contribution in [2.45, 2.75) is 12.6 Å². The minimum Gasteiger partial charge on any atom is -0.506 e. The molecule has 1 amide bonds. The van der Waals surface area contributed by atoms with Gasteiger partial charge in [0.2, 0.25) is 5.91 Å². The Bertz CT molecular complexity index is 525. The molecule has 1 heterocycles. The van der Waals surface area contributed by atoms with Crippen molar-refractivity contribution in [2.75, 3.05) is 11.4 Å². The van der Waals surface area contributed by atoms with E-state index in [9.17, 15) is 27.9 Å². The number of alkyl halides is 3. The van der Waals surface area contributed by atoms with E-state index in [1.54, 1.807) is 0 Å². The third-order valence-electron chi connectivity index (χ3n) is 2.58. The number of nitrogens with zero attached hydrogens (tertiary/aromatic N) is 1. The van der Waals surface area contributed by atoms with Crippen molar-refractivity contribution in [1.29, 1.82) is 0 Å². The first-order valence-electron chi connectivity index (χ1n) is 5.01. The van der Waals surface area contributed by atoms with Crippen molar-refractivity contribution in [3.63, 3.8) is 0 Å². The van der Waals surface area contributed by atoms with Crippen molar-refractivity contribution in [1.82, 2.24) is 0 Å². The van der Waals surface area contributed by atoms with Crippen molar-refractivity contribution in [3.05, 3.63) is 23.8 Å². The van der Waals surface area contributed by atoms with Gasteiger partial charge < -0.3 is 10.0 Å². The summed E-state index contributed by atoms with van der Waals surface area (Å²) in [6.07, 6.45) is -4.93. The number of anilines is 1. The van der Waals surface area contributed by atoms with Crippen LogP contribution in [-0.2, 0) is 15.8 Å². The molecule has 96 valence electrons. The lowest BCUT2D eigenvalue weighted by atomic mass is 10.1. The fraction of sp³-hybridized carbons (Fsp3) is 0.273. The van der Waals surface area contributed by atoms with E-state index in [2.05, 4.69) is 0 Å². The Labute approximate surface area is 99.6 Å². The average Bonchev–Trinajstić information content (AvgIpc) is 2.56. The van der Waals surface area contributed by atoms with Crippen LogP contribution in [0.25, 0.3) is 0 Å². The molecule has 0 unspecified atom stereocenters. The number of aromatic hydroxyl groups is 1. The molecule has 0 radical (unpaired) electrons. The topological polar surface area (TPSA) is 57.6 Å². The lowest BCUT2D eigenvalue weighted by molar-refractivity contribution is -0.137. The highest BCUT2D eigenvalue weighted by Crippen LogP contribution is 2.37. The van der Waals surface area contributed by atoms with E-state index in [4.69, 9.17) is 0 Å². The number of carbonyl (C=O) groups is 2. The molecular formula is C11H8F3NO3. The van der Waals surface area contributed by atoms with E-state index >= 15 is 0 Å². The van der Waals surface area contributed by atoms with Gasteiger partial charge in [-0.15, -0.1) is 0 Å². The molecular weight excluding hydrogens is 251 g/mol. The minimum atomic E-state index is -4.57. The number of rotatable bonds is 1. The second-order valence-electron chi connectivity index (χ2n) is 3.90. The first kappa shape index (κ1) is 12.4. The third-order valence-corrected chi connectivity index (χ3v) is 2.58. The van der Waals surface area contributed by atoms with Crippen LogP contribution >= 0.6 is 0 Å². The third kappa shape index (κ3) is 2.15. The fourth-order valence-electron chi connectivity index (χ4n) is 1.72. The van der Waals surface area contributed by atoms with Gasteiger partial charge in [-0.2, -0.15) is 13.2 Å². The molecule has 1 aliphatic rings. The van der Waals surface area contributed by atoms with Crippen LogP contribution in [0, 0.1) is 0 Å². The maximum Gasteiger partial charge on any atom is 0.416 e. The molecule has 0 aliphatic carbocycles. The van der Waals surface area contributed by atoms with Gasteiger partial charge in [0.25, 0.3) is 0 Å². The standard InChI is InChI=1S/C11H8F3NO3/c12-11(13,14)6-1-2-9(17)8(3-6)15-5-7(16)4-10(15)18/h1-3,17H,4-5H2. The number of phenolic OH excluding ortho intramolecular Hbond substituents is 1. The molecule has 0 bridgehead atoms. The van der Waals surface area contributed by atoms with E-state index in [-0.39, 0.29) is 18.7 Å². The summed E-state index contributed by atoms with van der Waals surface area (Å²) >= 11 is 0. The average molecular weight is 259 g/mol. The van der Waals surface area contributed by atoms with Crippen LogP contribution in [-0.4, -0.2) is 23.3 Å². The highest BCUT2D eigenvalue weighted by atomic mass is 19.4. The van der Waals surface area contributed by atoms with Gasteiger partial charge in [-0.1, -0.05) is 0 Å². The molecule has 1 fully saturated rings. The van der Waals surface area contributed by atoms with Gasteiger partial charge in [0.15, 0.2) is 5.78 Å². The number of halogens is 3. The summed E-state index contributed by atoms with van der Waals surface area (Å²) < 4.78 is 37.5. The number of benzene rings is 1. The highest BCUT2D eigenvalue weighted by molar-refractivity contribution is 6.15. The number of hydrogen-bond donors (Lipinski definition) is 1. The largest absolute Gasteiger partial charge is 0.506 e. The van der Waals surface area contributed by atoms with Crippen LogP contribution in [0.1, 0.15) is 12.0 Å². The van der Waals surface area contributed by atoms with Gasteiger partial charge in [0, 0.05) is 0 Å². The Hall–Kier alpha value is -2.05. The number of phenols is 1. The monoisotopic (exact) mass is 259 g/mol. The van der Waals surface area contributed by atoms with Gasteiger partial charge in [-0.25, -0.2) is 0 Å². The zero-order valence-electron chi connectivity index (χ0n) is 8.99. The number of Topliss-reactive ketones (excluding diaryl/α,β-unsaturated/α-hetero) is 1. The van der Waals surface area contributed by atoms with E-state index < -0.39 is 29.2 Å². The smallest absolute Gasteiger partial charge is 0.416 e. The summed E-state index contributed by atoms with van der Waals surface area (Å²) in [6.45, 7) is -0.312. The lowest BCUT2D eigenvalue weighted by Gasteiger charge is -2.18. The zero-order chi connectivity index (χ0) is 13.5. The SMILES string of the molecule is O=C1CC(=O)N(c2cc(C(F)(F)F)ccc2O)C1. The predicted octanol–water partition coefficient (Wildman–Crippen LogP) is 1.72. The number of ketones is 1. The predicted molar refractivity (Wildman–Crippen MR) is 55.1 cm³/mol. The molecule has 0 atom stereocenters. The Morgan fingerprint density at radius 2 is 1.89 bits per heavy atom. The van der Waals surface area contributed by atoms with Gasteiger partial charge in [-0.05, 0) is 18.2 Å². The molecule has 1 aliphatic heterocycles. The Balaban J connectivity index is 2.44. The van der Waals surface area contributed by atoms with Crippen LogP contribution in [0.3, 0.4) is 0 Å². The summed E-state index contributed by atoms with van der Waals surface area (Å²) in [5.41, 5.74) is -1.27. The van der Waals surface area contributed by atoms with Crippen molar-refractivity contribution < 1.29 is 27.9 Å². The van der Waals surface area contributed by atoms with Crippen LogP contribution < -0.4 is 4.90 Å². The molecule has 7 heteroatoms. The fourth-order valence-corrected chi connectivity index (χ4v) is 1.72. The van der Waals surface area contributed by atoms with Crippen molar-refractivity contribution in [3.8, 4) is 5.75 Å². The Kier molecular flexibility index (Phi) is 2.76. The molecule has 1 aromatic rings. The van der Waals surface area contributed by atoms with Crippen LogP contribution in [0.15, 0.2) is 18.2 Å². The summed E-state index contributed by atoms with van der Waals surface area (Å²) in [5.74, 6) is -1.47. The van der Waals surface area contributed by atoms with Gasteiger partial charge >= 0.3 is 6.18 Å². The van der Waals surface area contributed by atoms with Crippen molar-refractivity contribution in [2.24, 2.45) is 0 Å². The molecule has 2 rings (SSSR count). The second kappa shape index (κ2) is 4.01. The summed E-state index contributed by atoms with van der Waals surface area (Å²) in [7, 11) is 0. The van der Waals surface area contributed by atoms with Gasteiger partial charge in [0.05, 0.1) is 24.2 Å². The van der Waals surface area contributed by atoms with Gasteiger partial charge in [0.1, 0.15) is 5.75 Å². The summed E-state index contributed by atoms with van der Waals surface area (Å²) in [5, 5.41) is 9.49. The van der Waals surface area contributed by atoms with E-state index in [1.165, 1.54) is 0 Å². The molecule has 18 heavy (non-hydrogen) atoms. The zero-order valence-corrected chi connectivity index (χ0v) is 8.99. The summed E-state index contributed by atoms with van der Waals surface area (Å²) in [6, 6.07) is 2.22. The van der Waals surface area contributed by atoms with Crippen molar-refractivity contribution >= 4 is 17.4 Å². The second-order valence-corrected chi connectivity index (χ2v) is 3.90. The highest BCUT2D eigenvalue weighted by Gasteiger charge is 2.34. The number of amides is 1. The number of carbonyl (C=O) groups excluding carboxylic acids is 2. The van der Waals surface area contributed by atoms with E-state index in [0.717, 1.165) is 11.0 Å². The first-order valence-corrected chi connectivity index (χ1v) is 5.01. The normalized spacial score (nSPS) is 16.5. The molecule has 1 aromatic carbocycles. The van der Waals surface area contributed by atoms with E-state index in [0.29, 0.717) is 12.1 Å². The molecule has 1 saturated heterocycles. The van der Waals surface area contributed by atoms with Gasteiger partial charge in [-0.3, -0.25) is 9.59 Å². The Morgan fingerprint density at radius 1 is 1.22 bits per heavy atom. The molecule has 0 spiro atoms. The molecule has 0 aromatic heterocycles. The quantitative estimate of drug-likeness (QED) is 0.781. The lowest BCUT2D eigenvalue weighted by Crippen LogP contribution is -2.25. The number of hydrogen-bond acceptors (Lipinski definition) is 3. The van der Waals surface area contributed by atoms with E-state index in [1.807, 2.05) is 0 Å². The maximum atomic E-state index is 12.5. The summed E-state index contributed by atoms with van der Waals surface area (Å²) in [4.78, 5) is 23.3. The molecule has 0 saturated carbocycles. The molecule has 4 nitrogen and oxygen atoms in total. The maximum absolute atomic E-state index is 12.5. The van der Waals surface area contributed by atoms with Crippen LogP contribution in [0.4, 0.5) is 18.9 Å². The minimum absolute atomic E-state index is 0.291. The first-order chi connectivity index (χ1) is 8.29. The van der Waals surface area contributed by atoms with Crippen LogP contribution in [0.2, 0.25) is 0 Å². The Morgan fingerprint density at radius 3 is 2.39 bits per heavy atom. The molecule has 1 N–H and O–H groups in total. The van der Waals surface area contributed by atoms with Crippen LogP contribution in [0.5, 0.6) is 5.75 Å².